The molecule has 0 fully saturated rings. The van der Waals surface area contributed by atoms with Crippen LogP contribution in [-0.4, -0.2) is 24.2 Å². The van der Waals surface area contributed by atoms with Crippen molar-refractivity contribution in [2.75, 3.05) is 18.9 Å². The molecule has 0 aromatic heterocycles. The fourth-order valence-electron chi connectivity index (χ4n) is 1.26. The lowest BCUT2D eigenvalue weighted by Gasteiger charge is -2.07. The first-order valence-corrected chi connectivity index (χ1v) is 5.47. The van der Waals surface area contributed by atoms with Crippen LogP contribution in [0.15, 0.2) is 18.2 Å². The molecule has 5 heteroatoms. The number of nitrogen functional groups attached to an aromatic ring is 1. The second kappa shape index (κ2) is 6.35. The first-order chi connectivity index (χ1) is 7.66. The van der Waals surface area contributed by atoms with Crippen molar-refractivity contribution in [3.05, 3.63) is 28.8 Å². The van der Waals surface area contributed by atoms with Gasteiger partial charge in [-0.2, -0.15) is 0 Å². The SMILES string of the molecule is Nc1cccc(C(=O)NCCCCO)c1Cl. The highest BCUT2D eigenvalue weighted by molar-refractivity contribution is 6.36. The molecule has 1 aromatic rings. The van der Waals surface area contributed by atoms with Crippen molar-refractivity contribution in [3.8, 4) is 0 Å². The predicted molar refractivity (Wildman–Crippen MR) is 64.5 cm³/mol. The smallest absolute Gasteiger partial charge is 0.252 e. The van der Waals surface area contributed by atoms with Gasteiger partial charge in [0.05, 0.1) is 16.3 Å². The maximum atomic E-state index is 11.7. The fourth-order valence-corrected chi connectivity index (χ4v) is 1.47. The molecule has 0 atom stereocenters. The molecule has 0 aliphatic rings. The molecule has 1 amide bonds. The summed E-state index contributed by atoms with van der Waals surface area (Å²) in [4.78, 5) is 11.7. The molecule has 0 aliphatic carbocycles. The number of anilines is 1. The number of nitrogens with one attached hydrogen (secondary N) is 1. The molecule has 4 N–H and O–H groups in total. The van der Waals surface area contributed by atoms with Gasteiger partial charge in [-0.25, -0.2) is 0 Å². The van der Waals surface area contributed by atoms with E-state index in [1.165, 1.54) is 0 Å². The number of benzene rings is 1. The Balaban J connectivity index is 2.56. The Labute approximate surface area is 99.4 Å². The Hall–Kier alpha value is -1.26. The molecule has 1 aromatic carbocycles. The summed E-state index contributed by atoms with van der Waals surface area (Å²) in [6.07, 6.45) is 1.41. The van der Waals surface area contributed by atoms with Crippen LogP contribution in [0.25, 0.3) is 0 Å². The third-order valence-electron chi connectivity index (χ3n) is 2.14. The monoisotopic (exact) mass is 242 g/mol. The number of rotatable bonds is 5. The number of aliphatic hydroxyl groups is 1. The minimum absolute atomic E-state index is 0.134. The van der Waals surface area contributed by atoms with Gasteiger partial charge in [0.15, 0.2) is 0 Å². The van der Waals surface area contributed by atoms with Gasteiger partial charge in [-0.15, -0.1) is 0 Å². The maximum Gasteiger partial charge on any atom is 0.252 e. The summed E-state index contributed by atoms with van der Waals surface area (Å²) >= 11 is 5.90. The van der Waals surface area contributed by atoms with Gasteiger partial charge in [0.2, 0.25) is 0 Å². The predicted octanol–water partition coefficient (Wildman–Crippen LogP) is 1.42. The average Bonchev–Trinajstić information content (AvgIpc) is 2.28. The van der Waals surface area contributed by atoms with Gasteiger partial charge in [0.25, 0.3) is 5.91 Å². The summed E-state index contributed by atoms with van der Waals surface area (Å²) in [6, 6.07) is 4.95. The van der Waals surface area contributed by atoms with Gasteiger partial charge in [-0.05, 0) is 25.0 Å². The molecule has 88 valence electrons. The molecule has 0 radical (unpaired) electrons. The van der Waals surface area contributed by atoms with Gasteiger partial charge in [-0.1, -0.05) is 17.7 Å². The minimum Gasteiger partial charge on any atom is -0.398 e. The van der Waals surface area contributed by atoms with Crippen LogP contribution in [0.1, 0.15) is 23.2 Å². The van der Waals surface area contributed by atoms with Crippen molar-refractivity contribution in [1.82, 2.24) is 5.32 Å². The number of hydrogen-bond donors (Lipinski definition) is 3. The van der Waals surface area contributed by atoms with Crippen molar-refractivity contribution < 1.29 is 9.90 Å². The second-order valence-corrected chi connectivity index (χ2v) is 3.77. The van der Waals surface area contributed by atoms with Crippen molar-refractivity contribution >= 4 is 23.2 Å². The van der Waals surface area contributed by atoms with E-state index in [9.17, 15) is 4.79 Å². The Morgan fingerprint density at radius 1 is 1.44 bits per heavy atom. The molecule has 0 unspecified atom stereocenters. The molecule has 0 spiro atoms. The molecule has 0 bridgehead atoms. The van der Waals surface area contributed by atoms with E-state index >= 15 is 0 Å². The quantitative estimate of drug-likeness (QED) is 0.540. The van der Waals surface area contributed by atoms with Crippen molar-refractivity contribution in [2.45, 2.75) is 12.8 Å². The summed E-state index contributed by atoms with van der Waals surface area (Å²) in [5, 5.41) is 11.6. The maximum absolute atomic E-state index is 11.7. The lowest BCUT2D eigenvalue weighted by molar-refractivity contribution is 0.0952. The van der Waals surface area contributed by atoms with Crippen LogP contribution in [0.3, 0.4) is 0 Å². The summed E-state index contributed by atoms with van der Waals surface area (Å²) in [6.45, 7) is 0.652. The molecule has 4 nitrogen and oxygen atoms in total. The number of carbonyl (C=O) groups is 1. The summed E-state index contributed by atoms with van der Waals surface area (Å²) in [5.74, 6) is -0.241. The zero-order valence-corrected chi connectivity index (χ0v) is 9.63. The fraction of sp³-hybridized carbons (Fsp3) is 0.364. The Bertz CT molecular complexity index is 369. The topological polar surface area (TPSA) is 75.4 Å². The number of amides is 1. The van der Waals surface area contributed by atoms with E-state index in [0.29, 0.717) is 24.2 Å². The van der Waals surface area contributed by atoms with Crippen molar-refractivity contribution in [1.29, 1.82) is 0 Å². The number of unbranched alkanes of at least 4 members (excludes halogenated alkanes) is 1. The third-order valence-corrected chi connectivity index (χ3v) is 2.57. The van der Waals surface area contributed by atoms with E-state index in [1.54, 1.807) is 18.2 Å². The van der Waals surface area contributed by atoms with Crippen LogP contribution in [0, 0.1) is 0 Å². The molecular formula is C11H15ClN2O2. The average molecular weight is 243 g/mol. The Kier molecular flexibility index (Phi) is 5.08. The van der Waals surface area contributed by atoms with Crippen molar-refractivity contribution in [3.63, 3.8) is 0 Å². The molecule has 0 saturated heterocycles. The number of aliphatic hydroxyl groups excluding tert-OH is 1. The summed E-state index contributed by atoms with van der Waals surface area (Å²) in [7, 11) is 0. The zero-order chi connectivity index (χ0) is 12.0. The van der Waals surface area contributed by atoms with E-state index in [2.05, 4.69) is 5.32 Å². The van der Waals surface area contributed by atoms with Gasteiger partial charge >= 0.3 is 0 Å². The van der Waals surface area contributed by atoms with E-state index in [0.717, 1.165) is 6.42 Å². The summed E-state index contributed by atoms with van der Waals surface area (Å²) < 4.78 is 0. The first kappa shape index (κ1) is 12.8. The molecule has 0 heterocycles. The third kappa shape index (κ3) is 3.40. The standard InChI is InChI=1S/C11H15ClN2O2/c12-10-8(4-3-5-9(10)13)11(16)14-6-1-2-7-15/h3-5,15H,1-2,6-7,13H2,(H,14,16). The van der Waals surface area contributed by atoms with E-state index < -0.39 is 0 Å². The largest absolute Gasteiger partial charge is 0.398 e. The normalized spacial score (nSPS) is 10.1. The van der Waals surface area contributed by atoms with Crippen LogP contribution in [0.2, 0.25) is 5.02 Å². The minimum atomic E-state index is -0.241. The lowest BCUT2D eigenvalue weighted by Crippen LogP contribution is -2.25. The van der Waals surface area contributed by atoms with E-state index in [4.69, 9.17) is 22.4 Å². The van der Waals surface area contributed by atoms with Crippen LogP contribution in [-0.2, 0) is 0 Å². The number of halogens is 1. The highest BCUT2D eigenvalue weighted by Gasteiger charge is 2.10. The number of nitrogens with two attached hydrogens (primary N) is 1. The van der Waals surface area contributed by atoms with Crippen molar-refractivity contribution in [2.24, 2.45) is 0 Å². The van der Waals surface area contributed by atoms with Gasteiger partial charge < -0.3 is 16.2 Å². The van der Waals surface area contributed by atoms with Gasteiger partial charge in [0.1, 0.15) is 0 Å². The van der Waals surface area contributed by atoms with Crippen LogP contribution >= 0.6 is 11.6 Å². The van der Waals surface area contributed by atoms with Gasteiger partial charge in [0, 0.05) is 13.2 Å². The highest BCUT2D eigenvalue weighted by atomic mass is 35.5. The number of carbonyl (C=O) groups excluding carboxylic acids is 1. The molecular weight excluding hydrogens is 228 g/mol. The van der Waals surface area contributed by atoms with Gasteiger partial charge in [-0.3, -0.25) is 4.79 Å². The molecule has 0 saturated carbocycles. The zero-order valence-electron chi connectivity index (χ0n) is 8.87. The lowest BCUT2D eigenvalue weighted by atomic mass is 10.2. The van der Waals surface area contributed by atoms with Crippen LogP contribution in [0.4, 0.5) is 5.69 Å². The molecule has 16 heavy (non-hydrogen) atoms. The van der Waals surface area contributed by atoms with E-state index in [1.807, 2.05) is 0 Å². The molecule has 0 aliphatic heterocycles. The Morgan fingerprint density at radius 2 is 2.19 bits per heavy atom. The first-order valence-electron chi connectivity index (χ1n) is 5.10. The Morgan fingerprint density at radius 3 is 2.88 bits per heavy atom. The highest BCUT2D eigenvalue weighted by Crippen LogP contribution is 2.22. The molecule has 1 rings (SSSR count). The van der Waals surface area contributed by atoms with Crippen LogP contribution in [0.5, 0.6) is 0 Å². The summed E-state index contributed by atoms with van der Waals surface area (Å²) in [5.41, 5.74) is 6.36. The number of hydrogen-bond acceptors (Lipinski definition) is 3. The second-order valence-electron chi connectivity index (χ2n) is 3.40. The van der Waals surface area contributed by atoms with Crippen LogP contribution < -0.4 is 11.1 Å². The van der Waals surface area contributed by atoms with E-state index in [-0.39, 0.29) is 17.5 Å².